The Kier molecular flexibility index (Phi) is 6.11. The van der Waals surface area contributed by atoms with E-state index >= 15 is 0 Å². The predicted molar refractivity (Wildman–Crippen MR) is 119 cm³/mol. The quantitative estimate of drug-likeness (QED) is 0.483. The highest BCUT2D eigenvalue weighted by Gasteiger charge is 2.46. The topological polar surface area (TPSA) is 117 Å². The van der Waals surface area contributed by atoms with Crippen molar-refractivity contribution in [2.24, 2.45) is 4.99 Å². The molecule has 4 rings (SSSR count). The van der Waals surface area contributed by atoms with Crippen molar-refractivity contribution in [3.8, 4) is 11.1 Å². The van der Waals surface area contributed by atoms with Crippen molar-refractivity contribution in [3.63, 3.8) is 0 Å². The number of anilines is 1. The summed E-state index contributed by atoms with van der Waals surface area (Å²) in [5.74, 6) is -0.418. The Labute approximate surface area is 193 Å². The van der Waals surface area contributed by atoms with Gasteiger partial charge in [-0.3, -0.25) is 14.6 Å². The summed E-state index contributed by atoms with van der Waals surface area (Å²) < 4.78 is 39.9. The lowest BCUT2D eigenvalue weighted by Crippen LogP contribution is -2.63. The van der Waals surface area contributed by atoms with E-state index in [0.29, 0.717) is 31.9 Å². The highest BCUT2D eigenvalue weighted by molar-refractivity contribution is 5.92. The summed E-state index contributed by atoms with van der Waals surface area (Å²) in [7, 11) is 0. The summed E-state index contributed by atoms with van der Waals surface area (Å²) in [6, 6.07) is -1.99. The van der Waals surface area contributed by atoms with Crippen molar-refractivity contribution in [2.45, 2.75) is 38.0 Å². The van der Waals surface area contributed by atoms with Gasteiger partial charge in [0.25, 0.3) is 5.91 Å². The summed E-state index contributed by atoms with van der Waals surface area (Å²) in [5.41, 5.74) is 2.34. The normalized spacial score (nSPS) is 16.1. The molecule has 4 heterocycles. The van der Waals surface area contributed by atoms with Crippen LogP contribution in [0, 0.1) is 6.92 Å². The van der Waals surface area contributed by atoms with Crippen LogP contribution in [-0.2, 0) is 5.54 Å². The van der Waals surface area contributed by atoms with Gasteiger partial charge in [0, 0.05) is 42.7 Å². The number of hydrogen-bond donors (Lipinski definition) is 2. The van der Waals surface area contributed by atoms with Gasteiger partial charge in [0.2, 0.25) is 0 Å². The van der Waals surface area contributed by atoms with Crippen LogP contribution in [0.1, 0.15) is 29.5 Å². The number of hydrogen-bond acceptors (Lipinski definition) is 7. The maximum atomic E-state index is 12.7. The molecule has 180 valence electrons. The Morgan fingerprint density at radius 3 is 2.65 bits per heavy atom. The molecule has 0 bridgehead atoms. The molecule has 3 aromatic rings. The molecule has 10 nitrogen and oxygen atoms in total. The number of halogens is 3. The van der Waals surface area contributed by atoms with E-state index in [4.69, 9.17) is 0 Å². The van der Waals surface area contributed by atoms with E-state index in [9.17, 15) is 18.0 Å². The smallest absolute Gasteiger partial charge is 0.350 e. The SMILES string of the molecule is C=NCCC1(n2cc(-c3cn[nH]c3C)cn2)CN(c2cnc(C(=O)N[C@@H](C)C(F)(F)F)cn2)C1. The summed E-state index contributed by atoms with van der Waals surface area (Å²) >= 11 is 0. The van der Waals surface area contributed by atoms with Gasteiger partial charge in [0.05, 0.1) is 30.3 Å². The predicted octanol–water partition coefficient (Wildman–Crippen LogP) is 2.36. The summed E-state index contributed by atoms with van der Waals surface area (Å²) in [4.78, 5) is 26.2. The Morgan fingerprint density at radius 1 is 1.29 bits per heavy atom. The van der Waals surface area contributed by atoms with Crippen LogP contribution in [0.4, 0.5) is 19.0 Å². The maximum Gasteiger partial charge on any atom is 0.408 e. The number of nitrogens with zero attached hydrogens (tertiary/aromatic N) is 7. The number of rotatable bonds is 8. The molecular weight excluding hydrogens is 451 g/mol. The molecule has 0 aromatic carbocycles. The first-order valence-electron chi connectivity index (χ1n) is 10.6. The molecule has 2 N–H and O–H groups in total. The Hall–Kier alpha value is -3.77. The Morgan fingerprint density at radius 2 is 2.06 bits per heavy atom. The molecular formula is C21H24F3N9O. The lowest BCUT2D eigenvalue weighted by molar-refractivity contribution is -0.149. The molecule has 0 aliphatic carbocycles. The first-order valence-corrected chi connectivity index (χ1v) is 10.6. The summed E-state index contributed by atoms with van der Waals surface area (Å²) in [6.45, 7) is 8.07. The highest BCUT2D eigenvalue weighted by Crippen LogP contribution is 2.36. The van der Waals surface area contributed by atoms with Crippen LogP contribution in [0.3, 0.4) is 0 Å². The van der Waals surface area contributed by atoms with Crippen LogP contribution in [0.5, 0.6) is 0 Å². The molecule has 1 fully saturated rings. The average molecular weight is 475 g/mol. The lowest BCUT2D eigenvalue weighted by atomic mass is 9.86. The van der Waals surface area contributed by atoms with Crippen molar-refractivity contribution in [1.82, 2.24) is 35.3 Å². The van der Waals surface area contributed by atoms with Gasteiger partial charge in [-0.2, -0.15) is 23.4 Å². The van der Waals surface area contributed by atoms with E-state index in [2.05, 4.69) is 37.0 Å². The highest BCUT2D eigenvalue weighted by atomic mass is 19.4. The van der Waals surface area contributed by atoms with E-state index in [-0.39, 0.29) is 11.2 Å². The van der Waals surface area contributed by atoms with Crippen molar-refractivity contribution >= 4 is 18.4 Å². The zero-order valence-corrected chi connectivity index (χ0v) is 18.7. The van der Waals surface area contributed by atoms with Gasteiger partial charge in [0.1, 0.15) is 17.6 Å². The molecule has 3 aromatic heterocycles. The van der Waals surface area contributed by atoms with Gasteiger partial charge in [-0.1, -0.05) is 0 Å². The number of nitrogens with one attached hydrogen (secondary N) is 2. The standard InChI is InChI=1S/C21H24F3N9O/c1-13-16(7-28-31-13)15-6-29-33(10-15)20(4-5-25-3)11-32(12-20)18-9-26-17(8-27-18)19(34)30-14(2)21(22,23)24/h6-10,14H,3-5,11-12H2,1-2H3,(H,28,31)(H,30,34)/t14-/m0/s1. The number of aliphatic imine (C=N–C) groups is 1. The largest absolute Gasteiger partial charge is 0.408 e. The molecule has 0 spiro atoms. The average Bonchev–Trinajstić information content (AvgIpc) is 3.42. The van der Waals surface area contributed by atoms with Crippen molar-refractivity contribution < 1.29 is 18.0 Å². The number of carbonyl (C=O) groups excluding carboxylic acids is 1. The monoisotopic (exact) mass is 475 g/mol. The molecule has 1 amide bonds. The van der Waals surface area contributed by atoms with Crippen LogP contribution >= 0.6 is 0 Å². The van der Waals surface area contributed by atoms with Gasteiger partial charge < -0.3 is 15.2 Å². The van der Waals surface area contributed by atoms with E-state index < -0.39 is 18.1 Å². The molecule has 1 saturated heterocycles. The molecule has 34 heavy (non-hydrogen) atoms. The zero-order chi connectivity index (χ0) is 24.5. The number of carbonyl (C=O) groups is 1. The molecule has 1 atom stereocenters. The second-order valence-corrected chi connectivity index (χ2v) is 8.36. The van der Waals surface area contributed by atoms with Crippen LogP contribution in [0.25, 0.3) is 11.1 Å². The fourth-order valence-electron chi connectivity index (χ4n) is 3.85. The molecule has 0 unspecified atom stereocenters. The van der Waals surface area contributed by atoms with Crippen LogP contribution in [0.15, 0.2) is 36.0 Å². The summed E-state index contributed by atoms with van der Waals surface area (Å²) in [6.07, 6.45) is 4.25. The third-order valence-electron chi connectivity index (χ3n) is 5.95. The fourth-order valence-corrected chi connectivity index (χ4v) is 3.85. The maximum absolute atomic E-state index is 12.7. The number of H-pyrrole nitrogens is 1. The van der Waals surface area contributed by atoms with Crippen LogP contribution in [0.2, 0.25) is 0 Å². The molecule has 1 aliphatic rings. The fraction of sp³-hybridized carbons (Fsp3) is 0.429. The van der Waals surface area contributed by atoms with Crippen molar-refractivity contribution in [1.29, 1.82) is 0 Å². The molecule has 1 aliphatic heterocycles. The van der Waals surface area contributed by atoms with Crippen molar-refractivity contribution in [3.05, 3.63) is 42.4 Å². The minimum atomic E-state index is -4.53. The minimum Gasteiger partial charge on any atom is -0.350 e. The Bertz CT molecular complexity index is 1160. The van der Waals surface area contributed by atoms with Crippen LogP contribution in [-0.4, -0.2) is 74.4 Å². The first-order chi connectivity index (χ1) is 16.1. The second kappa shape index (κ2) is 8.88. The minimum absolute atomic E-state index is 0.185. The van der Waals surface area contributed by atoms with Gasteiger partial charge >= 0.3 is 6.18 Å². The third kappa shape index (κ3) is 4.50. The number of aryl methyl sites for hydroxylation is 1. The van der Waals surface area contributed by atoms with Gasteiger partial charge in [-0.05, 0) is 27.0 Å². The lowest BCUT2D eigenvalue weighted by Gasteiger charge is -2.50. The van der Waals surface area contributed by atoms with Gasteiger partial charge in [-0.25, -0.2) is 9.97 Å². The number of aromatic amines is 1. The first kappa shape index (κ1) is 23.4. The molecule has 13 heteroatoms. The number of amides is 1. The van der Waals surface area contributed by atoms with E-state index in [1.165, 1.54) is 12.4 Å². The van der Waals surface area contributed by atoms with Gasteiger partial charge in [-0.15, -0.1) is 0 Å². The number of alkyl halides is 3. The van der Waals surface area contributed by atoms with Crippen molar-refractivity contribution in [2.75, 3.05) is 24.5 Å². The zero-order valence-electron chi connectivity index (χ0n) is 18.7. The van der Waals surface area contributed by atoms with E-state index in [1.807, 2.05) is 28.0 Å². The van der Waals surface area contributed by atoms with Crippen LogP contribution < -0.4 is 10.2 Å². The Balaban J connectivity index is 1.46. The van der Waals surface area contributed by atoms with Gasteiger partial charge in [0.15, 0.2) is 0 Å². The van der Waals surface area contributed by atoms with E-state index in [1.54, 1.807) is 12.4 Å². The second-order valence-electron chi connectivity index (χ2n) is 8.36. The van der Waals surface area contributed by atoms with E-state index in [0.717, 1.165) is 23.7 Å². The third-order valence-corrected chi connectivity index (χ3v) is 5.95. The summed E-state index contributed by atoms with van der Waals surface area (Å²) in [5, 5.41) is 13.4. The molecule has 0 radical (unpaired) electrons. The molecule has 0 saturated carbocycles. The number of aromatic nitrogens is 6.